The minimum Gasteiger partial charge on any atom is -0.494 e. The third-order valence-electron chi connectivity index (χ3n) is 11.7. The number of carbonyl (C=O) groups is 11. The number of hydrogen-bond donors (Lipinski definition) is 10. The van der Waals surface area contributed by atoms with Gasteiger partial charge < -0.3 is 64.1 Å². The second-order valence-electron chi connectivity index (χ2n) is 17.9. The molecule has 2 saturated heterocycles. The van der Waals surface area contributed by atoms with Crippen LogP contribution in [-0.2, 0) is 59.2 Å². The summed E-state index contributed by atoms with van der Waals surface area (Å²) in [5.41, 5.74) is 16.9. The summed E-state index contributed by atoms with van der Waals surface area (Å²) in [6.07, 6.45) is 0.157. The average Bonchev–Trinajstić information content (AvgIpc) is 3.31. The van der Waals surface area contributed by atoms with Gasteiger partial charge in [-0.05, 0) is 68.6 Å². The van der Waals surface area contributed by atoms with E-state index in [4.69, 9.17) is 21.9 Å². The number of rotatable bonds is 19. The van der Waals surface area contributed by atoms with E-state index in [9.17, 15) is 52.7 Å². The zero-order chi connectivity index (χ0) is 52.8. The number of piperidine rings is 1. The molecule has 3 rings (SSSR count). The Kier molecular flexibility index (Phi) is 25.0. The smallest absolute Gasteiger partial charge is 0.246 e. The van der Waals surface area contributed by atoms with E-state index in [2.05, 4.69) is 37.2 Å². The van der Waals surface area contributed by atoms with Crippen LogP contribution in [0.15, 0.2) is 24.3 Å². The highest BCUT2D eigenvalue weighted by atomic mass is 33.1. The molecule has 11 amide bonds. The van der Waals surface area contributed by atoms with Crippen molar-refractivity contribution in [3.8, 4) is 5.75 Å². The van der Waals surface area contributed by atoms with Gasteiger partial charge in [-0.3, -0.25) is 52.7 Å². The first kappa shape index (κ1) is 59.2. The molecule has 2 aliphatic heterocycles. The minimum absolute atomic E-state index is 0.0193. The number of benzene rings is 1. The van der Waals surface area contributed by atoms with Crippen molar-refractivity contribution < 1.29 is 57.5 Å². The van der Waals surface area contributed by atoms with Crippen LogP contribution in [0.2, 0.25) is 0 Å². The van der Waals surface area contributed by atoms with Crippen LogP contribution in [0.5, 0.6) is 5.75 Å². The van der Waals surface area contributed by atoms with Crippen molar-refractivity contribution in [3.05, 3.63) is 29.8 Å². The predicted octanol–water partition coefficient (Wildman–Crippen LogP) is -1.46. The number of hydrogen-bond acceptors (Lipinski definition) is 14. The van der Waals surface area contributed by atoms with E-state index in [1.54, 1.807) is 38.1 Å². The monoisotopic (exact) mass is 1030 g/mol. The van der Waals surface area contributed by atoms with Gasteiger partial charge in [0.25, 0.3) is 0 Å². The highest BCUT2D eigenvalue weighted by Gasteiger charge is 2.40. The van der Waals surface area contributed by atoms with E-state index < -0.39 is 133 Å². The number of nitrogens with one attached hydrogen (secondary N) is 7. The standard InChI is InChI=1S/C46H71N11O12S2/c1-6-26(5)39-45(67)52-29(15-16-35(47)58)41(63)53-32(22-36(48)59)42(64)55-33(24-71-70-19-17-38(61)51-31(43(65)56-39)21-27-11-13-28(14-12-27)69-7-2)46(68)57-18-9-8-10-34(57)44(66)54-30(20-25(3)4)40(62)50-23-37(49)60/h11-14,25-26,29-34,39H,6-10,15-24H2,1-5H3,(H2,47,58)(H2,48,59)(H2,49,60)(H,50,62)(H,51,61)(H,52,67)(H,53,63)(H,54,66)(H,55,64)(H,56,65). The van der Waals surface area contributed by atoms with Gasteiger partial charge in [-0.25, -0.2) is 0 Å². The number of nitrogens with zero attached hydrogens (tertiary/aromatic N) is 1. The third-order valence-corrected chi connectivity index (χ3v) is 14.1. The molecule has 25 heteroatoms. The van der Waals surface area contributed by atoms with E-state index in [1.165, 1.54) is 15.7 Å². The lowest BCUT2D eigenvalue weighted by Gasteiger charge is -2.38. The van der Waals surface area contributed by atoms with Gasteiger partial charge in [0.1, 0.15) is 48.0 Å². The Morgan fingerprint density at radius 3 is 2.07 bits per heavy atom. The molecule has 13 N–H and O–H groups in total. The lowest BCUT2D eigenvalue weighted by atomic mass is 9.96. The van der Waals surface area contributed by atoms with Gasteiger partial charge in [-0.2, -0.15) is 0 Å². The zero-order valence-corrected chi connectivity index (χ0v) is 42.6. The van der Waals surface area contributed by atoms with Crippen LogP contribution in [0.25, 0.3) is 0 Å². The summed E-state index contributed by atoms with van der Waals surface area (Å²) < 4.78 is 5.55. The van der Waals surface area contributed by atoms with E-state index in [0.29, 0.717) is 37.2 Å². The van der Waals surface area contributed by atoms with Gasteiger partial charge in [0.15, 0.2) is 0 Å². The summed E-state index contributed by atoms with van der Waals surface area (Å²) in [6.45, 7) is 9.02. The minimum atomic E-state index is -1.72. The molecule has 71 heavy (non-hydrogen) atoms. The molecule has 0 saturated carbocycles. The Morgan fingerprint density at radius 2 is 1.45 bits per heavy atom. The Bertz CT molecular complexity index is 2060. The fourth-order valence-corrected chi connectivity index (χ4v) is 9.89. The fraction of sp³-hybridized carbons (Fsp3) is 0.630. The van der Waals surface area contributed by atoms with Gasteiger partial charge >= 0.3 is 0 Å². The van der Waals surface area contributed by atoms with Crippen LogP contribution in [0, 0.1) is 11.8 Å². The number of ether oxygens (including phenoxy) is 1. The normalized spacial score (nSPS) is 23.0. The van der Waals surface area contributed by atoms with Crippen molar-refractivity contribution in [2.75, 3.05) is 31.2 Å². The molecule has 0 bridgehead atoms. The second kappa shape index (κ2) is 29.9. The molecule has 2 aliphatic rings. The van der Waals surface area contributed by atoms with Gasteiger partial charge in [-0.1, -0.05) is 67.8 Å². The first-order valence-corrected chi connectivity index (χ1v) is 26.3. The van der Waals surface area contributed by atoms with Crippen LogP contribution >= 0.6 is 21.6 Å². The lowest BCUT2D eigenvalue weighted by Crippen LogP contribution is -2.62. The Balaban J connectivity index is 2.05. The predicted molar refractivity (Wildman–Crippen MR) is 265 cm³/mol. The first-order valence-electron chi connectivity index (χ1n) is 23.8. The molecule has 2 fully saturated rings. The summed E-state index contributed by atoms with van der Waals surface area (Å²) >= 11 is 0. The summed E-state index contributed by atoms with van der Waals surface area (Å²) in [5.74, 6) is -8.75. The summed E-state index contributed by atoms with van der Waals surface area (Å²) in [6, 6.07) is -2.39. The van der Waals surface area contributed by atoms with Crippen LogP contribution < -0.4 is 59.2 Å². The van der Waals surface area contributed by atoms with Crippen molar-refractivity contribution in [2.24, 2.45) is 29.0 Å². The van der Waals surface area contributed by atoms with E-state index in [-0.39, 0.29) is 56.1 Å². The third kappa shape index (κ3) is 20.3. The van der Waals surface area contributed by atoms with Gasteiger partial charge in [0.05, 0.1) is 19.6 Å². The second-order valence-corrected chi connectivity index (χ2v) is 20.5. The fourth-order valence-electron chi connectivity index (χ4n) is 7.75. The Hall–Kier alpha value is -6.11. The van der Waals surface area contributed by atoms with Crippen molar-refractivity contribution in [2.45, 2.75) is 141 Å². The molecule has 0 aromatic heterocycles. The zero-order valence-electron chi connectivity index (χ0n) is 41.0. The maximum Gasteiger partial charge on any atom is 0.246 e. The van der Waals surface area contributed by atoms with Gasteiger partial charge in [0, 0.05) is 37.3 Å². The lowest BCUT2D eigenvalue weighted by molar-refractivity contribution is -0.145. The molecule has 8 atom stereocenters. The van der Waals surface area contributed by atoms with Crippen LogP contribution in [0.4, 0.5) is 0 Å². The van der Waals surface area contributed by atoms with Crippen molar-refractivity contribution >= 4 is 86.6 Å². The number of primary amides is 3. The topological polar surface area (TPSA) is 363 Å². The maximum atomic E-state index is 14.6. The summed E-state index contributed by atoms with van der Waals surface area (Å²) in [4.78, 5) is 149. The number of carbonyl (C=O) groups excluding carboxylic acids is 11. The molecule has 23 nitrogen and oxygen atoms in total. The van der Waals surface area contributed by atoms with Crippen molar-refractivity contribution in [1.29, 1.82) is 0 Å². The highest BCUT2D eigenvalue weighted by molar-refractivity contribution is 8.76. The average molecular weight is 1030 g/mol. The molecule has 0 spiro atoms. The van der Waals surface area contributed by atoms with Crippen LogP contribution in [0.1, 0.15) is 98.0 Å². The van der Waals surface area contributed by atoms with E-state index >= 15 is 0 Å². The molecule has 394 valence electrons. The summed E-state index contributed by atoms with van der Waals surface area (Å²) in [7, 11) is 2.28. The number of likely N-dealkylation sites (tertiary alicyclic amines) is 1. The number of nitrogens with two attached hydrogens (primary N) is 3. The molecule has 1 aromatic rings. The molecular formula is C46H71N11O12S2. The Morgan fingerprint density at radius 1 is 0.789 bits per heavy atom. The molecule has 0 radical (unpaired) electrons. The number of amides is 11. The Labute approximate surface area is 421 Å². The van der Waals surface area contributed by atoms with E-state index in [1.807, 2.05) is 20.8 Å². The van der Waals surface area contributed by atoms with Crippen LogP contribution in [-0.4, -0.2) is 143 Å². The van der Waals surface area contributed by atoms with E-state index in [0.717, 1.165) is 10.8 Å². The SMILES string of the molecule is CCOc1ccc(CC2NC(=O)CCSSCC(C(=O)N3CCCCC3C(=O)NC(CC(C)C)C(=O)NCC(N)=O)NC(=O)C(CC(N)=O)NC(=O)C(CCC(N)=O)NC(=O)C(C(C)CC)NC2=O)cc1. The van der Waals surface area contributed by atoms with Crippen LogP contribution in [0.3, 0.4) is 0 Å². The molecule has 0 aliphatic carbocycles. The molecule has 8 unspecified atom stereocenters. The maximum absolute atomic E-state index is 14.6. The summed E-state index contributed by atoms with van der Waals surface area (Å²) in [5, 5.41) is 18.3. The molecule has 2 heterocycles. The molecule has 1 aromatic carbocycles. The van der Waals surface area contributed by atoms with Crippen molar-refractivity contribution in [1.82, 2.24) is 42.1 Å². The first-order chi connectivity index (χ1) is 33.6. The van der Waals surface area contributed by atoms with Crippen molar-refractivity contribution in [3.63, 3.8) is 0 Å². The van der Waals surface area contributed by atoms with Gasteiger partial charge in [-0.15, -0.1) is 0 Å². The molecular weight excluding hydrogens is 963 g/mol. The quantitative estimate of drug-likeness (QED) is 0.0709. The largest absolute Gasteiger partial charge is 0.494 e. The van der Waals surface area contributed by atoms with Gasteiger partial charge in [0.2, 0.25) is 65.0 Å². The highest BCUT2D eigenvalue weighted by Crippen LogP contribution is 2.26.